The second kappa shape index (κ2) is 7.25. The lowest BCUT2D eigenvalue weighted by atomic mass is 10.1. The summed E-state index contributed by atoms with van der Waals surface area (Å²) in [7, 11) is 0. The molecule has 0 aliphatic heterocycles. The third-order valence-corrected chi connectivity index (χ3v) is 3.60. The fourth-order valence-electron chi connectivity index (χ4n) is 1.96. The van der Waals surface area contributed by atoms with Crippen LogP contribution in [-0.4, -0.2) is 18.2 Å². The molecule has 21 heavy (non-hydrogen) atoms. The van der Waals surface area contributed by atoms with Gasteiger partial charge >= 0.3 is 0 Å². The molecule has 0 aliphatic carbocycles. The molecule has 0 bridgehead atoms. The number of nitrogens with one attached hydrogen (secondary N) is 1. The third-order valence-electron chi connectivity index (χ3n) is 2.97. The largest absolute Gasteiger partial charge is 0.342 e. The van der Waals surface area contributed by atoms with Crippen LogP contribution in [0.5, 0.6) is 0 Å². The summed E-state index contributed by atoms with van der Waals surface area (Å²) in [5.41, 5.74) is 1.14. The summed E-state index contributed by atoms with van der Waals surface area (Å²) in [5.74, 6) is -0.460. The normalized spacial score (nSPS) is 11.7. The van der Waals surface area contributed by atoms with Gasteiger partial charge in [-0.3, -0.25) is 4.79 Å². The van der Waals surface area contributed by atoms with E-state index in [1.165, 1.54) is 0 Å². The van der Waals surface area contributed by atoms with Gasteiger partial charge in [-0.05, 0) is 24.1 Å². The van der Waals surface area contributed by atoms with Crippen LogP contribution in [-0.2, 0) is 11.2 Å². The molecule has 0 aromatic heterocycles. The Morgan fingerprint density at radius 1 is 1.05 bits per heavy atom. The fraction of sp³-hybridized carbons (Fsp3) is 0.125. The number of benzene rings is 2. The molecule has 2 rings (SSSR count). The van der Waals surface area contributed by atoms with Crippen LogP contribution >= 0.6 is 23.2 Å². The standard InChI is InChI=1S/C16H13Cl2NO2/c17-13-7-4-8-14(18)15(13)16(21)19-12(10-20)9-11-5-2-1-3-6-11/h1-8,10,12H,9H2,(H,19,21). The van der Waals surface area contributed by atoms with Crippen LogP contribution in [0.4, 0.5) is 0 Å². The van der Waals surface area contributed by atoms with Crippen molar-refractivity contribution in [1.82, 2.24) is 5.32 Å². The average molecular weight is 322 g/mol. The SMILES string of the molecule is O=CC(Cc1ccccc1)NC(=O)c1c(Cl)cccc1Cl. The Bertz CT molecular complexity index is 624. The minimum absolute atomic E-state index is 0.181. The van der Waals surface area contributed by atoms with E-state index in [-0.39, 0.29) is 15.6 Å². The van der Waals surface area contributed by atoms with Crippen molar-refractivity contribution in [1.29, 1.82) is 0 Å². The number of carbonyl (C=O) groups excluding carboxylic acids is 2. The summed E-state index contributed by atoms with van der Waals surface area (Å²) in [6.45, 7) is 0. The van der Waals surface area contributed by atoms with Crippen LogP contribution in [0.25, 0.3) is 0 Å². The van der Waals surface area contributed by atoms with E-state index in [2.05, 4.69) is 5.32 Å². The Labute approximate surface area is 132 Å². The van der Waals surface area contributed by atoms with E-state index in [0.29, 0.717) is 12.7 Å². The van der Waals surface area contributed by atoms with Crippen molar-refractivity contribution in [3.05, 3.63) is 69.7 Å². The van der Waals surface area contributed by atoms with Crippen molar-refractivity contribution in [2.75, 3.05) is 0 Å². The average Bonchev–Trinajstić information content (AvgIpc) is 2.47. The maximum atomic E-state index is 12.2. The van der Waals surface area contributed by atoms with Gasteiger partial charge in [0.05, 0.1) is 21.7 Å². The zero-order valence-electron chi connectivity index (χ0n) is 11.1. The summed E-state index contributed by atoms with van der Waals surface area (Å²) in [6, 6.07) is 13.6. The van der Waals surface area contributed by atoms with Crippen LogP contribution in [0.2, 0.25) is 10.0 Å². The molecule has 2 aromatic rings. The van der Waals surface area contributed by atoms with Crippen LogP contribution in [0, 0.1) is 0 Å². The topological polar surface area (TPSA) is 46.2 Å². The first-order valence-electron chi connectivity index (χ1n) is 6.36. The first kappa shape index (κ1) is 15.5. The number of hydrogen-bond acceptors (Lipinski definition) is 2. The summed E-state index contributed by atoms with van der Waals surface area (Å²) in [6.07, 6.45) is 1.12. The minimum atomic E-state index is -0.632. The van der Waals surface area contributed by atoms with Gasteiger partial charge in [-0.25, -0.2) is 0 Å². The number of amides is 1. The second-order valence-electron chi connectivity index (χ2n) is 4.50. The molecule has 2 aromatic carbocycles. The summed E-state index contributed by atoms with van der Waals surface area (Å²) in [5, 5.41) is 3.15. The molecule has 3 nitrogen and oxygen atoms in total. The van der Waals surface area contributed by atoms with E-state index >= 15 is 0 Å². The molecule has 0 radical (unpaired) electrons. The molecule has 0 spiro atoms. The maximum absolute atomic E-state index is 12.2. The molecule has 1 unspecified atom stereocenters. The maximum Gasteiger partial charge on any atom is 0.254 e. The number of carbonyl (C=O) groups is 2. The molecule has 1 N–H and O–H groups in total. The second-order valence-corrected chi connectivity index (χ2v) is 5.32. The molecule has 5 heteroatoms. The van der Waals surface area contributed by atoms with E-state index < -0.39 is 11.9 Å². The first-order chi connectivity index (χ1) is 10.1. The van der Waals surface area contributed by atoms with Gasteiger partial charge in [0.2, 0.25) is 0 Å². The van der Waals surface area contributed by atoms with Crippen molar-refractivity contribution >= 4 is 35.4 Å². The van der Waals surface area contributed by atoms with Crippen LogP contribution in [0.15, 0.2) is 48.5 Å². The van der Waals surface area contributed by atoms with Crippen molar-refractivity contribution in [3.63, 3.8) is 0 Å². The Morgan fingerprint density at radius 3 is 2.24 bits per heavy atom. The smallest absolute Gasteiger partial charge is 0.254 e. The van der Waals surface area contributed by atoms with Crippen LogP contribution in [0.1, 0.15) is 15.9 Å². The van der Waals surface area contributed by atoms with Gasteiger partial charge < -0.3 is 10.1 Å². The molecule has 1 atom stereocenters. The quantitative estimate of drug-likeness (QED) is 0.856. The summed E-state index contributed by atoms with van der Waals surface area (Å²) in [4.78, 5) is 23.4. The van der Waals surface area contributed by atoms with E-state index in [1.54, 1.807) is 18.2 Å². The van der Waals surface area contributed by atoms with E-state index in [0.717, 1.165) is 5.56 Å². The predicted molar refractivity (Wildman–Crippen MR) is 83.9 cm³/mol. The minimum Gasteiger partial charge on any atom is -0.342 e. The molecule has 0 saturated carbocycles. The lowest BCUT2D eigenvalue weighted by Crippen LogP contribution is -2.37. The highest BCUT2D eigenvalue weighted by Gasteiger charge is 2.18. The van der Waals surface area contributed by atoms with Crippen LogP contribution < -0.4 is 5.32 Å². The third kappa shape index (κ3) is 4.06. The first-order valence-corrected chi connectivity index (χ1v) is 7.11. The fourth-order valence-corrected chi connectivity index (χ4v) is 2.53. The van der Waals surface area contributed by atoms with Gasteiger partial charge in [-0.15, -0.1) is 0 Å². The van der Waals surface area contributed by atoms with Crippen molar-refractivity contribution < 1.29 is 9.59 Å². The number of hydrogen-bond donors (Lipinski definition) is 1. The van der Waals surface area contributed by atoms with Crippen molar-refractivity contribution in [2.45, 2.75) is 12.5 Å². The van der Waals surface area contributed by atoms with Gasteiger partial charge in [-0.1, -0.05) is 59.6 Å². The van der Waals surface area contributed by atoms with E-state index in [4.69, 9.17) is 23.2 Å². The number of rotatable bonds is 5. The Hall–Kier alpha value is -1.84. The van der Waals surface area contributed by atoms with E-state index in [9.17, 15) is 9.59 Å². The molecule has 0 saturated heterocycles. The van der Waals surface area contributed by atoms with Gasteiger partial charge in [0, 0.05) is 0 Å². The Balaban J connectivity index is 2.12. The van der Waals surface area contributed by atoms with E-state index in [1.807, 2.05) is 30.3 Å². The Morgan fingerprint density at radius 2 is 1.67 bits per heavy atom. The highest BCUT2D eigenvalue weighted by atomic mass is 35.5. The molecule has 0 fully saturated rings. The lowest BCUT2D eigenvalue weighted by molar-refractivity contribution is -0.109. The number of halogens is 2. The molecule has 0 aliphatic rings. The van der Waals surface area contributed by atoms with Gasteiger partial charge in [0.1, 0.15) is 6.29 Å². The zero-order chi connectivity index (χ0) is 15.2. The monoisotopic (exact) mass is 321 g/mol. The highest BCUT2D eigenvalue weighted by molar-refractivity contribution is 6.39. The van der Waals surface area contributed by atoms with Gasteiger partial charge in [0.15, 0.2) is 0 Å². The predicted octanol–water partition coefficient (Wildman–Crippen LogP) is 3.53. The number of aldehydes is 1. The Kier molecular flexibility index (Phi) is 5.37. The molecule has 1 amide bonds. The van der Waals surface area contributed by atoms with Gasteiger partial charge in [-0.2, -0.15) is 0 Å². The summed E-state index contributed by atoms with van der Waals surface area (Å²) >= 11 is 12.0. The molecule has 0 heterocycles. The van der Waals surface area contributed by atoms with Crippen molar-refractivity contribution in [2.24, 2.45) is 0 Å². The summed E-state index contributed by atoms with van der Waals surface area (Å²) < 4.78 is 0. The molecule has 108 valence electrons. The van der Waals surface area contributed by atoms with Crippen LogP contribution in [0.3, 0.4) is 0 Å². The van der Waals surface area contributed by atoms with Gasteiger partial charge in [0.25, 0.3) is 5.91 Å². The highest BCUT2D eigenvalue weighted by Crippen LogP contribution is 2.24. The van der Waals surface area contributed by atoms with Crippen molar-refractivity contribution in [3.8, 4) is 0 Å². The molecular formula is C16H13Cl2NO2. The lowest BCUT2D eigenvalue weighted by Gasteiger charge is -2.14. The zero-order valence-corrected chi connectivity index (χ0v) is 12.6. The molecular weight excluding hydrogens is 309 g/mol.